The summed E-state index contributed by atoms with van der Waals surface area (Å²) in [7, 11) is 2.09. The average molecular weight is 203 g/mol. The van der Waals surface area contributed by atoms with E-state index in [1.54, 1.807) is 11.1 Å². The molecule has 0 saturated carbocycles. The molecule has 82 valence electrons. The molecule has 0 saturated heterocycles. The Morgan fingerprint density at radius 2 is 2.07 bits per heavy atom. The summed E-state index contributed by atoms with van der Waals surface area (Å²) in [5, 5.41) is 3.45. The van der Waals surface area contributed by atoms with Gasteiger partial charge in [0.1, 0.15) is 0 Å². The Labute approximate surface area is 92.9 Å². The van der Waals surface area contributed by atoms with Crippen molar-refractivity contribution in [2.24, 2.45) is 5.92 Å². The van der Waals surface area contributed by atoms with E-state index in [1.165, 1.54) is 25.7 Å². The van der Waals surface area contributed by atoms with E-state index in [0.29, 0.717) is 6.04 Å². The lowest BCUT2D eigenvalue weighted by Crippen LogP contribution is -2.36. The molecule has 0 amide bonds. The highest BCUT2D eigenvalue weighted by Crippen LogP contribution is 2.28. The molecule has 0 heterocycles. The summed E-state index contributed by atoms with van der Waals surface area (Å²) >= 11 is 0. The molecule has 2 unspecified atom stereocenters. The lowest BCUT2D eigenvalue weighted by Gasteiger charge is -2.30. The van der Waals surface area contributed by atoms with Gasteiger partial charge in [-0.3, -0.25) is 0 Å². The van der Waals surface area contributed by atoms with Crippen LogP contribution in [0.3, 0.4) is 0 Å². The minimum Gasteiger partial charge on any atom is -0.317 e. The molecule has 1 aliphatic rings. The van der Waals surface area contributed by atoms with E-state index in [0.717, 1.165) is 5.92 Å². The van der Waals surface area contributed by atoms with Crippen LogP contribution in [0.5, 0.6) is 0 Å². The fourth-order valence-electron chi connectivity index (χ4n) is 2.84. The minimum absolute atomic E-state index is 0.693. The van der Waals surface area contributed by atoms with Crippen molar-refractivity contribution in [1.29, 1.82) is 0 Å². The van der Waals surface area contributed by atoms with E-state index < -0.39 is 0 Å². The first-order valence-electron chi connectivity index (χ1n) is 6.09. The monoisotopic (exact) mass is 203 g/mol. The van der Waals surface area contributed by atoms with Gasteiger partial charge in [-0.15, -0.1) is 0 Å². The van der Waals surface area contributed by atoms with Gasteiger partial charge in [-0.25, -0.2) is 0 Å². The van der Waals surface area contributed by atoms with Crippen LogP contribution >= 0.6 is 0 Å². The first kappa shape index (κ1) is 10.7. The third kappa shape index (κ3) is 2.23. The van der Waals surface area contributed by atoms with Crippen LogP contribution in [0.4, 0.5) is 0 Å². The third-order valence-electron chi connectivity index (χ3n) is 3.76. The van der Waals surface area contributed by atoms with E-state index in [2.05, 4.69) is 43.6 Å². The molecule has 0 fully saturated rings. The highest BCUT2D eigenvalue weighted by Gasteiger charge is 2.23. The van der Waals surface area contributed by atoms with E-state index in [-0.39, 0.29) is 0 Å². The van der Waals surface area contributed by atoms with Crippen LogP contribution in [0, 0.1) is 5.92 Å². The Morgan fingerprint density at radius 1 is 1.33 bits per heavy atom. The summed E-state index contributed by atoms with van der Waals surface area (Å²) < 4.78 is 0. The maximum Gasteiger partial charge on any atom is 0.00929 e. The predicted molar refractivity (Wildman–Crippen MR) is 65.1 cm³/mol. The van der Waals surface area contributed by atoms with Crippen molar-refractivity contribution in [3.8, 4) is 0 Å². The fraction of sp³-hybridized carbons (Fsp3) is 0.571. The first-order chi connectivity index (χ1) is 7.35. The molecule has 0 aromatic heterocycles. The van der Waals surface area contributed by atoms with Crippen molar-refractivity contribution in [1.82, 2.24) is 5.32 Å². The van der Waals surface area contributed by atoms with Crippen LogP contribution in [-0.4, -0.2) is 13.1 Å². The summed E-state index contributed by atoms with van der Waals surface area (Å²) in [6.07, 6.45) is 5.11. The lowest BCUT2D eigenvalue weighted by atomic mass is 9.79. The molecule has 1 aromatic rings. The van der Waals surface area contributed by atoms with Crippen molar-refractivity contribution < 1.29 is 0 Å². The first-order valence-corrected chi connectivity index (χ1v) is 6.09. The lowest BCUT2D eigenvalue weighted by molar-refractivity contribution is 0.327. The highest BCUT2D eigenvalue weighted by molar-refractivity contribution is 5.29. The Balaban J connectivity index is 2.11. The normalized spacial score (nSPS) is 22.1. The number of benzene rings is 1. The second-order valence-electron chi connectivity index (χ2n) is 4.58. The van der Waals surface area contributed by atoms with Crippen molar-refractivity contribution in [3.05, 3.63) is 35.4 Å². The van der Waals surface area contributed by atoms with Crippen LogP contribution in [0.15, 0.2) is 24.3 Å². The molecule has 2 rings (SSSR count). The molecule has 2 atom stereocenters. The topological polar surface area (TPSA) is 12.0 Å². The zero-order chi connectivity index (χ0) is 10.7. The molecule has 1 aromatic carbocycles. The van der Waals surface area contributed by atoms with Crippen LogP contribution in [0.25, 0.3) is 0 Å². The molecule has 15 heavy (non-hydrogen) atoms. The van der Waals surface area contributed by atoms with Gasteiger partial charge in [-0.1, -0.05) is 31.2 Å². The van der Waals surface area contributed by atoms with E-state index in [4.69, 9.17) is 0 Å². The molecule has 0 aliphatic heterocycles. The molecular weight excluding hydrogens is 182 g/mol. The van der Waals surface area contributed by atoms with E-state index in [9.17, 15) is 0 Å². The highest BCUT2D eigenvalue weighted by atomic mass is 14.9. The Morgan fingerprint density at radius 3 is 2.73 bits per heavy atom. The Bertz CT molecular complexity index is 315. The number of hydrogen-bond donors (Lipinski definition) is 1. The number of hydrogen-bond acceptors (Lipinski definition) is 1. The number of fused-ring (bicyclic) bond motifs is 1. The second kappa shape index (κ2) is 4.80. The molecular formula is C14H21N. The van der Waals surface area contributed by atoms with Gasteiger partial charge >= 0.3 is 0 Å². The van der Waals surface area contributed by atoms with E-state index >= 15 is 0 Å². The van der Waals surface area contributed by atoms with Crippen LogP contribution in [0.1, 0.15) is 30.9 Å². The number of nitrogens with one attached hydrogen (secondary N) is 1. The van der Waals surface area contributed by atoms with E-state index in [1.807, 2.05) is 0 Å². The molecule has 1 N–H and O–H groups in total. The van der Waals surface area contributed by atoms with Gasteiger partial charge in [0, 0.05) is 6.04 Å². The SMILES string of the molecule is CCC(NC)C1CCc2ccccc2C1. The van der Waals surface area contributed by atoms with Crippen LogP contribution in [0.2, 0.25) is 0 Å². The fourth-order valence-corrected chi connectivity index (χ4v) is 2.84. The van der Waals surface area contributed by atoms with Gasteiger partial charge in [0.15, 0.2) is 0 Å². The molecule has 0 bridgehead atoms. The van der Waals surface area contributed by atoms with Gasteiger partial charge in [0.25, 0.3) is 0 Å². The Kier molecular flexibility index (Phi) is 3.42. The van der Waals surface area contributed by atoms with Crippen molar-refractivity contribution >= 4 is 0 Å². The van der Waals surface area contributed by atoms with Crippen molar-refractivity contribution in [2.75, 3.05) is 7.05 Å². The van der Waals surface area contributed by atoms with Crippen molar-refractivity contribution in [3.63, 3.8) is 0 Å². The predicted octanol–water partition coefficient (Wildman–Crippen LogP) is 2.79. The summed E-state index contributed by atoms with van der Waals surface area (Å²) in [5.74, 6) is 0.829. The molecule has 0 radical (unpaired) electrons. The standard InChI is InChI=1S/C14H21N/c1-3-14(15-2)13-9-8-11-6-4-5-7-12(11)10-13/h4-7,13-15H,3,8-10H2,1-2H3. The Hall–Kier alpha value is -0.820. The summed E-state index contributed by atoms with van der Waals surface area (Å²) in [6.45, 7) is 2.28. The van der Waals surface area contributed by atoms with Crippen molar-refractivity contribution in [2.45, 2.75) is 38.6 Å². The van der Waals surface area contributed by atoms with Crippen LogP contribution in [-0.2, 0) is 12.8 Å². The van der Waals surface area contributed by atoms with Crippen LogP contribution < -0.4 is 5.32 Å². The molecule has 0 spiro atoms. The minimum atomic E-state index is 0.693. The summed E-state index contributed by atoms with van der Waals surface area (Å²) in [5.41, 5.74) is 3.14. The maximum absolute atomic E-state index is 3.45. The van der Waals surface area contributed by atoms with Gasteiger partial charge in [0.05, 0.1) is 0 Å². The maximum atomic E-state index is 3.45. The molecule has 1 nitrogen and oxygen atoms in total. The molecule has 1 aliphatic carbocycles. The number of rotatable bonds is 3. The second-order valence-corrected chi connectivity index (χ2v) is 4.58. The summed E-state index contributed by atoms with van der Waals surface area (Å²) in [6, 6.07) is 9.60. The zero-order valence-electron chi connectivity index (χ0n) is 9.79. The third-order valence-corrected chi connectivity index (χ3v) is 3.76. The summed E-state index contributed by atoms with van der Waals surface area (Å²) in [4.78, 5) is 0. The average Bonchev–Trinajstić information content (AvgIpc) is 2.30. The quantitative estimate of drug-likeness (QED) is 0.796. The largest absolute Gasteiger partial charge is 0.317 e. The zero-order valence-corrected chi connectivity index (χ0v) is 9.79. The smallest absolute Gasteiger partial charge is 0.00929 e. The van der Waals surface area contributed by atoms with Gasteiger partial charge in [-0.05, 0) is 49.8 Å². The number of aryl methyl sites for hydroxylation is 1. The van der Waals surface area contributed by atoms with Gasteiger partial charge in [-0.2, -0.15) is 0 Å². The van der Waals surface area contributed by atoms with Gasteiger partial charge < -0.3 is 5.32 Å². The molecule has 1 heteroatoms. The van der Waals surface area contributed by atoms with Gasteiger partial charge in [0.2, 0.25) is 0 Å².